The number of phenols is 1. The Bertz CT molecular complexity index is 845. The van der Waals surface area contributed by atoms with E-state index < -0.39 is 0 Å². The molecule has 0 spiro atoms. The third kappa shape index (κ3) is 2.98. The Morgan fingerprint density at radius 1 is 1.27 bits per heavy atom. The van der Waals surface area contributed by atoms with E-state index in [0.717, 1.165) is 30.4 Å². The van der Waals surface area contributed by atoms with Crippen LogP contribution in [0.15, 0.2) is 36.4 Å². The molecule has 0 radical (unpaired) electrons. The SMILES string of the molecule is CCC(Oc1cc(O)c2c(c1)[C@@H]1CCC[C@H]1CC2=O)c1cccc(F)c1. The fraction of sp³-hybridized carbons (Fsp3) is 0.409. The topological polar surface area (TPSA) is 46.5 Å². The molecule has 3 atom stereocenters. The van der Waals surface area contributed by atoms with Crippen molar-refractivity contribution in [2.24, 2.45) is 5.92 Å². The van der Waals surface area contributed by atoms with Crippen molar-refractivity contribution in [3.8, 4) is 11.5 Å². The highest BCUT2D eigenvalue weighted by atomic mass is 19.1. The zero-order valence-electron chi connectivity index (χ0n) is 14.9. The zero-order chi connectivity index (χ0) is 18.3. The molecule has 26 heavy (non-hydrogen) atoms. The summed E-state index contributed by atoms with van der Waals surface area (Å²) in [5.41, 5.74) is 2.16. The largest absolute Gasteiger partial charge is 0.507 e. The second-order valence-electron chi connectivity index (χ2n) is 7.40. The molecule has 2 aromatic rings. The highest BCUT2D eigenvalue weighted by molar-refractivity contribution is 6.01. The van der Waals surface area contributed by atoms with Gasteiger partial charge in [-0.2, -0.15) is 0 Å². The lowest BCUT2D eigenvalue weighted by Gasteiger charge is -2.29. The molecule has 1 saturated carbocycles. The molecular formula is C22H23FO3. The van der Waals surface area contributed by atoms with Gasteiger partial charge < -0.3 is 9.84 Å². The number of phenolic OH excluding ortho intramolecular Hbond substituents is 1. The quantitative estimate of drug-likeness (QED) is 0.785. The Hall–Kier alpha value is -2.36. The number of ether oxygens (including phenoxy) is 1. The van der Waals surface area contributed by atoms with Gasteiger partial charge in [-0.1, -0.05) is 25.5 Å². The average Bonchev–Trinajstić information content (AvgIpc) is 3.07. The first-order chi connectivity index (χ1) is 12.6. The normalized spacial score (nSPS) is 22.6. The summed E-state index contributed by atoms with van der Waals surface area (Å²) in [6, 6.07) is 9.83. The first kappa shape index (κ1) is 17.1. The molecule has 0 heterocycles. The molecule has 0 saturated heterocycles. The number of halogens is 1. The maximum absolute atomic E-state index is 13.5. The summed E-state index contributed by atoms with van der Waals surface area (Å²) in [6.07, 6.45) is 4.15. The summed E-state index contributed by atoms with van der Waals surface area (Å²) < 4.78 is 19.6. The molecule has 2 aliphatic rings. The molecule has 0 bridgehead atoms. The van der Waals surface area contributed by atoms with Crippen LogP contribution in [0.1, 0.15) is 72.5 Å². The number of aromatic hydroxyl groups is 1. The molecule has 1 unspecified atom stereocenters. The summed E-state index contributed by atoms with van der Waals surface area (Å²) in [5, 5.41) is 10.5. The van der Waals surface area contributed by atoms with Gasteiger partial charge in [0.15, 0.2) is 5.78 Å². The smallest absolute Gasteiger partial charge is 0.167 e. The molecule has 4 rings (SSSR count). The maximum Gasteiger partial charge on any atom is 0.167 e. The van der Waals surface area contributed by atoms with Crippen molar-refractivity contribution in [3.63, 3.8) is 0 Å². The molecule has 2 aromatic carbocycles. The zero-order valence-corrected chi connectivity index (χ0v) is 14.9. The Balaban J connectivity index is 1.68. The van der Waals surface area contributed by atoms with E-state index >= 15 is 0 Å². The van der Waals surface area contributed by atoms with Crippen molar-refractivity contribution >= 4 is 5.78 Å². The number of benzene rings is 2. The Labute approximate surface area is 152 Å². The second kappa shape index (κ2) is 6.75. The number of ketones is 1. The lowest BCUT2D eigenvalue weighted by Crippen LogP contribution is -2.21. The summed E-state index contributed by atoms with van der Waals surface area (Å²) in [6.45, 7) is 1.98. The monoisotopic (exact) mass is 354 g/mol. The van der Waals surface area contributed by atoms with Crippen LogP contribution in [0.2, 0.25) is 0 Å². The first-order valence-electron chi connectivity index (χ1n) is 9.39. The highest BCUT2D eigenvalue weighted by Crippen LogP contribution is 2.49. The highest BCUT2D eigenvalue weighted by Gasteiger charge is 2.39. The summed E-state index contributed by atoms with van der Waals surface area (Å²) in [7, 11) is 0. The maximum atomic E-state index is 13.5. The molecule has 2 aliphatic carbocycles. The van der Waals surface area contributed by atoms with Gasteiger partial charge in [0.25, 0.3) is 0 Å². The predicted molar refractivity (Wildman–Crippen MR) is 97.2 cm³/mol. The van der Waals surface area contributed by atoms with E-state index in [1.165, 1.54) is 18.2 Å². The van der Waals surface area contributed by atoms with E-state index in [-0.39, 0.29) is 23.5 Å². The number of hydrogen-bond donors (Lipinski definition) is 1. The molecule has 3 nitrogen and oxygen atoms in total. The summed E-state index contributed by atoms with van der Waals surface area (Å²) >= 11 is 0. The van der Waals surface area contributed by atoms with Gasteiger partial charge in [-0.15, -0.1) is 0 Å². The van der Waals surface area contributed by atoms with Crippen LogP contribution in [0.3, 0.4) is 0 Å². The van der Waals surface area contributed by atoms with E-state index in [2.05, 4.69) is 0 Å². The molecule has 136 valence electrons. The number of fused-ring (bicyclic) bond motifs is 3. The van der Waals surface area contributed by atoms with Gasteiger partial charge in [0, 0.05) is 12.5 Å². The lowest BCUT2D eigenvalue weighted by atomic mass is 9.76. The van der Waals surface area contributed by atoms with Crippen molar-refractivity contribution in [1.29, 1.82) is 0 Å². The summed E-state index contributed by atoms with van der Waals surface area (Å²) in [4.78, 5) is 12.5. The van der Waals surface area contributed by atoms with Gasteiger partial charge in [-0.25, -0.2) is 4.39 Å². The minimum absolute atomic E-state index is 0.00180. The lowest BCUT2D eigenvalue weighted by molar-refractivity contribution is 0.0940. The number of hydrogen-bond acceptors (Lipinski definition) is 3. The fourth-order valence-corrected chi connectivity index (χ4v) is 4.58. The van der Waals surface area contributed by atoms with Crippen molar-refractivity contribution in [2.75, 3.05) is 0 Å². The van der Waals surface area contributed by atoms with E-state index in [9.17, 15) is 14.3 Å². The number of rotatable bonds is 4. The first-order valence-corrected chi connectivity index (χ1v) is 9.39. The van der Waals surface area contributed by atoms with Crippen LogP contribution in [0, 0.1) is 11.7 Å². The van der Waals surface area contributed by atoms with Crippen LogP contribution in [0.5, 0.6) is 11.5 Å². The van der Waals surface area contributed by atoms with Gasteiger partial charge in [0.2, 0.25) is 0 Å². The minimum Gasteiger partial charge on any atom is -0.507 e. The molecule has 1 fully saturated rings. The standard InChI is InChI=1S/C22H23FO3/c1-2-21(14-6-3-7-15(23)9-14)26-16-11-18-17-8-4-5-13(17)10-19(24)22(18)20(25)12-16/h3,6-7,9,11-13,17,21,25H,2,4-5,8,10H2,1H3/t13-,17+,21?/m0/s1. The van der Waals surface area contributed by atoms with Crippen LogP contribution in [0.4, 0.5) is 4.39 Å². The van der Waals surface area contributed by atoms with Gasteiger partial charge in [-0.3, -0.25) is 4.79 Å². The third-order valence-corrected chi connectivity index (χ3v) is 5.78. The molecule has 0 aliphatic heterocycles. The van der Waals surface area contributed by atoms with Crippen LogP contribution < -0.4 is 4.74 Å². The minimum atomic E-state index is -0.304. The average molecular weight is 354 g/mol. The number of carbonyl (C=O) groups is 1. The van der Waals surface area contributed by atoms with Crippen LogP contribution in [-0.4, -0.2) is 10.9 Å². The van der Waals surface area contributed by atoms with Crippen molar-refractivity contribution in [1.82, 2.24) is 0 Å². The molecule has 4 heteroatoms. The predicted octanol–water partition coefficient (Wildman–Crippen LogP) is 5.53. The molecule has 0 amide bonds. The molecule has 0 aromatic heterocycles. The van der Waals surface area contributed by atoms with Gasteiger partial charge in [0.1, 0.15) is 23.4 Å². The molecular weight excluding hydrogens is 331 g/mol. The van der Waals surface area contributed by atoms with Crippen molar-refractivity contribution in [3.05, 3.63) is 58.9 Å². The van der Waals surface area contributed by atoms with Crippen LogP contribution in [0.25, 0.3) is 0 Å². The Morgan fingerprint density at radius 3 is 2.88 bits per heavy atom. The van der Waals surface area contributed by atoms with E-state index in [4.69, 9.17) is 4.74 Å². The van der Waals surface area contributed by atoms with Gasteiger partial charge in [0.05, 0.1) is 5.56 Å². The van der Waals surface area contributed by atoms with Gasteiger partial charge >= 0.3 is 0 Å². The van der Waals surface area contributed by atoms with Crippen molar-refractivity contribution < 1.29 is 19.0 Å². The van der Waals surface area contributed by atoms with E-state index in [1.54, 1.807) is 6.07 Å². The third-order valence-electron chi connectivity index (χ3n) is 5.78. The Morgan fingerprint density at radius 2 is 2.12 bits per heavy atom. The fourth-order valence-electron chi connectivity index (χ4n) is 4.58. The van der Waals surface area contributed by atoms with E-state index in [0.29, 0.717) is 36.0 Å². The molecule has 1 N–H and O–H groups in total. The summed E-state index contributed by atoms with van der Waals surface area (Å²) in [5.74, 6) is 0.988. The van der Waals surface area contributed by atoms with Crippen LogP contribution >= 0.6 is 0 Å². The number of carbonyl (C=O) groups excluding carboxylic acids is 1. The van der Waals surface area contributed by atoms with Crippen LogP contribution in [-0.2, 0) is 0 Å². The Kier molecular flexibility index (Phi) is 4.43. The van der Waals surface area contributed by atoms with Gasteiger partial charge in [-0.05, 0) is 60.4 Å². The van der Waals surface area contributed by atoms with E-state index in [1.807, 2.05) is 19.1 Å². The number of Topliss-reactive ketones (excluding diaryl/α,β-unsaturated/α-hetero) is 1. The van der Waals surface area contributed by atoms with Crippen molar-refractivity contribution in [2.45, 2.75) is 51.0 Å². The second-order valence-corrected chi connectivity index (χ2v) is 7.40.